The summed E-state index contributed by atoms with van der Waals surface area (Å²) in [6, 6.07) is 29.2. The van der Waals surface area contributed by atoms with Crippen LogP contribution in [0.2, 0.25) is 0 Å². The third-order valence-corrected chi connectivity index (χ3v) is 24.8. The average Bonchev–Trinajstić information content (AvgIpc) is 0.780. The van der Waals surface area contributed by atoms with Crippen LogP contribution < -0.4 is 120 Å². The quantitative estimate of drug-likeness (QED) is 0.0147. The number of hydrogen-bond acceptors (Lipinski definition) is 26. The average molecular weight is 1950 g/mol. The summed E-state index contributed by atoms with van der Waals surface area (Å²) < 4.78 is 0. The van der Waals surface area contributed by atoms with Gasteiger partial charge in [-0.15, -0.1) is 0 Å². The number of carbonyl (C=O) groups is 12. The number of pyridine rings is 2. The van der Waals surface area contributed by atoms with E-state index in [2.05, 4.69) is 69.1 Å². The number of aromatic hydroxyl groups is 1. The Morgan fingerprint density at radius 1 is 0.319 bits per heavy atom. The van der Waals surface area contributed by atoms with Crippen LogP contribution in [0.15, 0.2) is 146 Å². The molecule has 32 N–H and O–H groups in total. The van der Waals surface area contributed by atoms with Gasteiger partial charge in [0.05, 0.1) is 45.5 Å². The summed E-state index contributed by atoms with van der Waals surface area (Å²) in [6.45, 7) is 6.09. The topological polar surface area (TPSA) is 656 Å². The van der Waals surface area contributed by atoms with Crippen molar-refractivity contribution in [2.24, 2.45) is 51.8 Å². The summed E-state index contributed by atoms with van der Waals surface area (Å²) in [5.41, 5.74) is 55.1. The van der Waals surface area contributed by atoms with E-state index in [1.165, 1.54) is 36.4 Å². The number of unbranched alkanes of at least 4 members (excludes halogenated alkanes) is 9. The third-order valence-electron chi connectivity index (χ3n) is 24.8. The number of aromatic nitrogens is 2. The normalized spacial score (nSPS) is 13.7. The van der Waals surface area contributed by atoms with Crippen LogP contribution in [0.1, 0.15) is 210 Å². The molecule has 0 saturated heterocycles. The maximum atomic E-state index is 15.5. The van der Waals surface area contributed by atoms with Gasteiger partial charge in [-0.25, -0.2) is 9.97 Å². The van der Waals surface area contributed by atoms with Crippen molar-refractivity contribution in [3.05, 3.63) is 157 Å². The van der Waals surface area contributed by atoms with Crippen molar-refractivity contribution in [2.45, 2.75) is 267 Å². The molecule has 0 saturated carbocycles. The first-order valence-electron chi connectivity index (χ1n) is 49.9. The van der Waals surface area contributed by atoms with Gasteiger partial charge in [-0.3, -0.25) is 57.5 Å². The summed E-state index contributed by atoms with van der Waals surface area (Å²) in [5, 5.41) is 71.3. The number of nitrogens with two attached hydrogens (primary N) is 8. The zero-order valence-corrected chi connectivity index (χ0v) is 81.5. The lowest BCUT2D eigenvalue weighted by Crippen LogP contribution is -2.60. The Morgan fingerprint density at radius 2 is 0.603 bits per heavy atom. The van der Waals surface area contributed by atoms with E-state index in [1.54, 1.807) is 26.0 Å². The van der Waals surface area contributed by atoms with Crippen LogP contribution in [0.4, 0.5) is 11.4 Å². The first-order chi connectivity index (χ1) is 68.0. The van der Waals surface area contributed by atoms with Crippen molar-refractivity contribution in [3.63, 3.8) is 0 Å². The molecule has 12 amide bonds. The van der Waals surface area contributed by atoms with Crippen LogP contribution in [0.5, 0.6) is 5.75 Å². The fourth-order valence-electron chi connectivity index (χ4n) is 16.7. The molecule has 0 bridgehead atoms. The number of nitrogens with zero attached hydrogens (tertiary/aromatic N) is 2. The van der Waals surface area contributed by atoms with Gasteiger partial charge in [0, 0.05) is 59.7 Å². The van der Waals surface area contributed by atoms with Gasteiger partial charge in [0.1, 0.15) is 60.1 Å². The fraction of sp³-hybridized carbons (Fsp3) is 0.510. The minimum absolute atomic E-state index is 0.00358. The molecule has 0 aliphatic heterocycles. The molecule has 2 aromatic heterocycles. The Balaban J connectivity index is 0.993. The molecule has 141 heavy (non-hydrogen) atoms. The van der Waals surface area contributed by atoms with Gasteiger partial charge < -0.3 is 130 Å². The molecule has 39 heteroatoms. The van der Waals surface area contributed by atoms with Crippen LogP contribution in [-0.4, -0.2) is 228 Å². The second-order valence-electron chi connectivity index (χ2n) is 36.5. The van der Waals surface area contributed by atoms with E-state index < -0.39 is 144 Å². The molecule has 11 atom stereocenters. The number of carbonyl (C=O) groups excluding carboxylic acids is 12. The van der Waals surface area contributed by atoms with Gasteiger partial charge in [-0.2, -0.15) is 0 Å². The summed E-state index contributed by atoms with van der Waals surface area (Å²) >= 11 is 0. The van der Waals surface area contributed by atoms with E-state index in [0.717, 1.165) is 55.0 Å². The number of phenolic OH excluding ortho intramolecular Hbond substituents is 1. The molecule has 0 spiro atoms. The SMILES string of the molecule is CC(C)C[C@H](NC(=O)[C@H](CCCCN)NC(=O)[C@H](CCCCNC(=O)[C@H](CCCCN)NC(=O)[C@H](CCCCN)NC(=O)[C@@H](N)CCCCNc1c2ccccc2nc2ccccc12)NC(=O)[C@H](CCCCN)NC(=O)[C@H](CCCCN)NC(=O)[C@@H](N)CCCCNc1c2ccccc2nc2ccccc12)C(=O)N[C@@H](CCCCNC(=O)c1ccc(B(O)O)cc1)C(=O)N[C@@H](Cc1ccc(O)cc1)C(N)=O. The minimum atomic E-state index is -1.75. The highest BCUT2D eigenvalue weighted by molar-refractivity contribution is 6.58. The predicted molar refractivity (Wildman–Crippen MR) is 551 cm³/mol. The number of para-hydroxylation sites is 4. The number of fused-ring (bicyclic) bond motifs is 4. The lowest BCUT2D eigenvalue weighted by molar-refractivity contribution is -0.136. The highest BCUT2D eigenvalue weighted by Crippen LogP contribution is 2.33. The van der Waals surface area contributed by atoms with Crippen LogP contribution in [0, 0.1) is 5.92 Å². The fourth-order valence-corrected chi connectivity index (χ4v) is 16.7. The van der Waals surface area contributed by atoms with Crippen LogP contribution in [0.3, 0.4) is 0 Å². The van der Waals surface area contributed by atoms with Crippen molar-refractivity contribution in [1.29, 1.82) is 0 Å². The lowest BCUT2D eigenvalue weighted by atomic mass is 9.80. The number of nitrogens with one attached hydrogen (secondary N) is 13. The number of primary amides is 1. The summed E-state index contributed by atoms with van der Waals surface area (Å²) in [7, 11) is -1.75. The van der Waals surface area contributed by atoms with Crippen molar-refractivity contribution >= 4 is 138 Å². The van der Waals surface area contributed by atoms with Gasteiger partial charge in [0.15, 0.2) is 0 Å². The number of phenols is 1. The van der Waals surface area contributed by atoms with Gasteiger partial charge >= 0.3 is 7.12 Å². The van der Waals surface area contributed by atoms with Crippen molar-refractivity contribution in [3.8, 4) is 5.75 Å². The zero-order chi connectivity index (χ0) is 102. The molecule has 8 rings (SSSR count). The molecule has 2 heterocycles. The molecular weight excluding hydrogens is 1800 g/mol. The summed E-state index contributed by atoms with van der Waals surface area (Å²) in [5.74, 6) is -8.95. The van der Waals surface area contributed by atoms with Crippen molar-refractivity contribution in [1.82, 2.24) is 68.5 Å². The first kappa shape index (κ1) is 114. The van der Waals surface area contributed by atoms with E-state index in [1.807, 2.05) is 97.1 Å². The summed E-state index contributed by atoms with van der Waals surface area (Å²) in [4.78, 5) is 183. The largest absolute Gasteiger partial charge is 0.508 e. The minimum Gasteiger partial charge on any atom is -0.508 e. The molecule has 766 valence electrons. The molecule has 0 aliphatic carbocycles. The number of benzene rings is 6. The maximum Gasteiger partial charge on any atom is 0.488 e. The standard InChI is InChI=1S/C102H150BN23O15/c1-65(2)63-88(102(139)124-86(100(137)125-87(91(111)128)64-66-46-52-69(127)53-47-66)45-18-27-61-114-92(129)67-48-50-68(51-49-67)103(140)141)126-101(138)84(43-15-24-58-108)122-99(136)85(123-98(135)83(42-14-23-57-107)121-97(134)82(41-13-22-56-106)119-94(131)75(110)34-17-26-60-113-90-72-31-5-9-37-78(72)117-79-38-10-6-32-73(79)90)44-19-28-62-115-95(132)80(39-11-20-54-104)120-96(133)81(40-12-21-55-105)118-93(130)74(109)33-16-25-59-112-89-70-29-3-7-35-76(70)116-77-36-8-4-30-71(77)89/h3-10,29-32,35-38,46-53,65,74-75,80-88,127,140-141H,11-28,33-34,39-45,54-64,104-110H2,1-2H3,(H2,111,128)(H,112,116)(H,113,117)(H,114,129)(H,115,132)(H,118,130)(H,119,131)(H,120,133)(H,121,134)(H,122,136)(H,123,135)(H,124,139)(H,125,137)(H,126,138)/t74-,75-,80-,81-,82-,83-,84-,85-,86-,87-,88-/m0/s1. The van der Waals surface area contributed by atoms with Crippen LogP contribution in [0.25, 0.3) is 43.6 Å². The maximum absolute atomic E-state index is 15.5. The number of amides is 12. The van der Waals surface area contributed by atoms with Gasteiger partial charge in [-0.05, 0) is 278 Å². The highest BCUT2D eigenvalue weighted by Gasteiger charge is 2.37. The Kier molecular flexibility index (Phi) is 49.9. The second-order valence-corrected chi connectivity index (χ2v) is 36.5. The molecule has 0 fully saturated rings. The van der Waals surface area contributed by atoms with E-state index in [-0.39, 0.29) is 152 Å². The van der Waals surface area contributed by atoms with Crippen molar-refractivity contribution < 1.29 is 72.7 Å². The monoisotopic (exact) mass is 1950 g/mol. The Morgan fingerprint density at radius 3 is 0.929 bits per heavy atom. The molecular formula is C102H150BN23O15. The number of hydrogen-bond donors (Lipinski definition) is 24. The zero-order valence-electron chi connectivity index (χ0n) is 81.5. The van der Waals surface area contributed by atoms with Crippen molar-refractivity contribution in [2.75, 3.05) is 69.5 Å². The lowest BCUT2D eigenvalue weighted by Gasteiger charge is -2.28. The van der Waals surface area contributed by atoms with Crippen LogP contribution in [-0.2, 0) is 59.2 Å². The van der Waals surface area contributed by atoms with Gasteiger partial charge in [0.2, 0.25) is 65.0 Å². The predicted octanol–water partition coefficient (Wildman–Crippen LogP) is 3.66. The van der Waals surface area contributed by atoms with E-state index in [9.17, 15) is 58.3 Å². The van der Waals surface area contributed by atoms with Crippen LogP contribution >= 0.6 is 0 Å². The Hall–Kier alpha value is -12.6. The highest BCUT2D eigenvalue weighted by atomic mass is 16.4. The van der Waals surface area contributed by atoms with Gasteiger partial charge in [-0.1, -0.05) is 111 Å². The molecule has 0 aliphatic rings. The third kappa shape index (κ3) is 38.4. The molecule has 0 unspecified atom stereocenters. The smallest absolute Gasteiger partial charge is 0.488 e. The molecule has 6 aromatic carbocycles. The Labute approximate surface area is 825 Å². The van der Waals surface area contributed by atoms with E-state index in [0.29, 0.717) is 122 Å². The summed E-state index contributed by atoms with van der Waals surface area (Å²) in [6.07, 6.45) is 8.01. The van der Waals surface area contributed by atoms with Gasteiger partial charge in [0.25, 0.3) is 5.91 Å². The number of anilines is 2. The molecule has 0 radical (unpaired) electrons. The van der Waals surface area contributed by atoms with E-state index >= 15 is 14.4 Å². The molecule has 38 nitrogen and oxygen atoms in total. The number of rotatable bonds is 68. The van der Waals surface area contributed by atoms with E-state index in [4.69, 9.17) is 55.8 Å². The first-order valence-corrected chi connectivity index (χ1v) is 49.9. The second kappa shape index (κ2) is 61.9. The molecule has 8 aromatic rings. The Bertz CT molecular complexity index is 5210.